The summed E-state index contributed by atoms with van der Waals surface area (Å²) >= 11 is 0. The van der Waals surface area contributed by atoms with E-state index in [1.165, 1.54) is 0 Å². The molecule has 75 valence electrons. The molecule has 2 rings (SSSR count). The van der Waals surface area contributed by atoms with Crippen molar-refractivity contribution >= 4 is 0 Å². The highest BCUT2D eigenvalue weighted by molar-refractivity contribution is 5.65. The number of aryl methyl sites for hydroxylation is 1. The van der Waals surface area contributed by atoms with Crippen LogP contribution in [0.2, 0.25) is 0 Å². The van der Waals surface area contributed by atoms with Gasteiger partial charge in [-0.2, -0.15) is 0 Å². The summed E-state index contributed by atoms with van der Waals surface area (Å²) in [6, 6.07) is 6.80. The van der Waals surface area contributed by atoms with Gasteiger partial charge < -0.3 is 4.74 Å². The zero-order chi connectivity index (χ0) is 10.7. The van der Waals surface area contributed by atoms with Crippen molar-refractivity contribution in [2.75, 3.05) is 7.11 Å². The third-order valence-corrected chi connectivity index (χ3v) is 2.09. The molecule has 2 aromatic rings. The number of nitrogens with zero attached hydrogens (tertiary/aromatic N) is 2. The second kappa shape index (κ2) is 4.09. The van der Waals surface area contributed by atoms with Crippen LogP contribution >= 0.6 is 0 Å². The maximum Gasteiger partial charge on any atom is 0.131 e. The summed E-state index contributed by atoms with van der Waals surface area (Å²) in [5.41, 5.74) is 2.70. The summed E-state index contributed by atoms with van der Waals surface area (Å²) in [7, 11) is 1.63. The van der Waals surface area contributed by atoms with Gasteiger partial charge in [-0.15, -0.1) is 0 Å². The molecule has 2 heterocycles. The molecule has 0 saturated heterocycles. The van der Waals surface area contributed by atoms with Gasteiger partial charge >= 0.3 is 0 Å². The van der Waals surface area contributed by atoms with Gasteiger partial charge in [0.1, 0.15) is 5.75 Å². The Morgan fingerprint density at radius 1 is 1.33 bits per heavy atom. The topological polar surface area (TPSA) is 35.0 Å². The third kappa shape index (κ3) is 1.96. The Morgan fingerprint density at radius 3 is 2.87 bits per heavy atom. The van der Waals surface area contributed by atoms with Crippen LogP contribution in [-0.4, -0.2) is 17.1 Å². The van der Waals surface area contributed by atoms with Crippen molar-refractivity contribution in [3.05, 3.63) is 42.4 Å². The summed E-state index contributed by atoms with van der Waals surface area (Å²) in [6.07, 6.45) is 5.22. The van der Waals surface area contributed by atoms with Gasteiger partial charge in [0, 0.05) is 24.7 Å². The van der Waals surface area contributed by atoms with Gasteiger partial charge in [0.25, 0.3) is 0 Å². The lowest BCUT2D eigenvalue weighted by Crippen LogP contribution is -1.91. The normalized spacial score (nSPS) is 10.0. The maximum absolute atomic E-state index is 5.23. The first-order valence-corrected chi connectivity index (χ1v) is 4.64. The lowest BCUT2D eigenvalue weighted by atomic mass is 10.1. The minimum Gasteiger partial charge on any atom is -0.496 e. The maximum atomic E-state index is 5.23. The minimum atomic E-state index is 0.755. The van der Waals surface area contributed by atoms with Crippen LogP contribution in [0, 0.1) is 13.0 Å². The summed E-state index contributed by atoms with van der Waals surface area (Å²) in [5, 5.41) is 0. The number of methoxy groups -OCH3 is 1. The van der Waals surface area contributed by atoms with Crippen molar-refractivity contribution in [1.82, 2.24) is 9.97 Å². The Labute approximate surface area is 88.8 Å². The molecular formula is C12H11N2O. The first-order chi connectivity index (χ1) is 7.31. The van der Waals surface area contributed by atoms with Gasteiger partial charge in [-0.05, 0) is 24.6 Å². The van der Waals surface area contributed by atoms with E-state index in [0.29, 0.717) is 0 Å². The first kappa shape index (κ1) is 9.65. The smallest absolute Gasteiger partial charge is 0.131 e. The molecule has 0 bridgehead atoms. The lowest BCUT2D eigenvalue weighted by molar-refractivity contribution is 0.416. The van der Waals surface area contributed by atoms with Crippen LogP contribution in [0.4, 0.5) is 0 Å². The number of aromatic nitrogens is 2. The van der Waals surface area contributed by atoms with E-state index in [-0.39, 0.29) is 0 Å². The van der Waals surface area contributed by atoms with Gasteiger partial charge in [-0.25, -0.2) is 0 Å². The van der Waals surface area contributed by atoms with E-state index in [1.807, 2.05) is 19.1 Å². The molecule has 3 heteroatoms. The van der Waals surface area contributed by atoms with Crippen molar-refractivity contribution in [2.24, 2.45) is 0 Å². The molecule has 0 unspecified atom stereocenters. The van der Waals surface area contributed by atoms with E-state index in [0.717, 1.165) is 22.6 Å². The SMILES string of the molecule is COc1ccncc1-c1[c]cc(C)cn1. The second-order valence-electron chi connectivity index (χ2n) is 3.22. The monoisotopic (exact) mass is 199 g/mol. The highest BCUT2D eigenvalue weighted by atomic mass is 16.5. The second-order valence-corrected chi connectivity index (χ2v) is 3.22. The number of pyridine rings is 2. The molecule has 2 aromatic heterocycles. The lowest BCUT2D eigenvalue weighted by Gasteiger charge is -2.06. The quantitative estimate of drug-likeness (QED) is 0.744. The molecule has 0 aliphatic carbocycles. The van der Waals surface area contributed by atoms with Gasteiger partial charge in [0.05, 0.1) is 18.4 Å². The number of ether oxygens (including phenoxy) is 1. The Hall–Kier alpha value is -1.90. The molecule has 0 spiro atoms. The Balaban J connectivity index is 2.49. The predicted molar refractivity (Wildman–Crippen MR) is 57.6 cm³/mol. The zero-order valence-electron chi connectivity index (χ0n) is 8.69. The molecule has 0 aliphatic heterocycles. The van der Waals surface area contributed by atoms with Crippen molar-refractivity contribution < 1.29 is 4.74 Å². The van der Waals surface area contributed by atoms with Gasteiger partial charge in [0.2, 0.25) is 0 Å². The van der Waals surface area contributed by atoms with Crippen LogP contribution in [0.5, 0.6) is 5.75 Å². The van der Waals surface area contributed by atoms with Crippen LogP contribution < -0.4 is 4.74 Å². The molecular weight excluding hydrogens is 188 g/mol. The standard InChI is InChI=1S/C12H11N2O/c1-9-3-4-11(14-7-9)10-8-13-6-5-12(10)15-2/h3,5-8H,1-2H3. The molecule has 3 nitrogen and oxygen atoms in total. The summed E-state index contributed by atoms with van der Waals surface area (Å²) < 4.78 is 5.23. The molecule has 0 atom stereocenters. The Kier molecular flexibility index (Phi) is 2.63. The van der Waals surface area contributed by atoms with Crippen molar-refractivity contribution in [1.29, 1.82) is 0 Å². The number of rotatable bonds is 2. The average molecular weight is 199 g/mol. The van der Waals surface area contributed by atoms with Crippen molar-refractivity contribution in [3.8, 4) is 17.0 Å². The van der Waals surface area contributed by atoms with Crippen LogP contribution in [0.1, 0.15) is 5.56 Å². The highest BCUT2D eigenvalue weighted by Crippen LogP contribution is 2.26. The van der Waals surface area contributed by atoms with E-state index < -0.39 is 0 Å². The van der Waals surface area contributed by atoms with Gasteiger partial charge in [-0.3, -0.25) is 9.97 Å². The Morgan fingerprint density at radius 2 is 2.20 bits per heavy atom. The zero-order valence-corrected chi connectivity index (χ0v) is 8.69. The Bertz CT molecular complexity index is 451. The van der Waals surface area contributed by atoms with Crippen LogP contribution in [0.15, 0.2) is 30.7 Å². The molecule has 0 saturated carbocycles. The third-order valence-electron chi connectivity index (χ3n) is 2.09. The summed E-state index contributed by atoms with van der Waals surface area (Å²) in [6.45, 7) is 1.98. The average Bonchev–Trinajstić information content (AvgIpc) is 2.30. The van der Waals surface area contributed by atoms with E-state index in [9.17, 15) is 0 Å². The van der Waals surface area contributed by atoms with Crippen molar-refractivity contribution in [3.63, 3.8) is 0 Å². The number of hydrogen-bond donors (Lipinski definition) is 0. The number of hydrogen-bond acceptors (Lipinski definition) is 3. The van der Waals surface area contributed by atoms with E-state index in [2.05, 4.69) is 16.0 Å². The fourth-order valence-corrected chi connectivity index (χ4v) is 1.31. The van der Waals surface area contributed by atoms with Gasteiger partial charge in [0.15, 0.2) is 0 Å². The van der Waals surface area contributed by atoms with Gasteiger partial charge in [-0.1, -0.05) is 0 Å². The van der Waals surface area contributed by atoms with Crippen LogP contribution in [-0.2, 0) is 0 Å². The fraction of sp³-hybridized carbons (Fsp3) is 0.167. The van der Waals surface area contributed by atoms with Crippen molar-refractivity contribution in [2.45, 2.75) is 6.92 Å². The molecule has 1 radical (unpaired) electrons. The molecule has 0 amide bonds. The summed E-state index contributed by atoms with van der Waals surface area (Å²) in [5.74, 6) is 0.762. The molecule has 0 N–H and O–H groups in total. The molecule has 0 fully saturated rings. The first-order valence-electron chi connectivity index (χ1n) is 4.64. The van der Waals surface area contributed by atoms with E-state index in [1.54, 1.807) is 25.7 Å². The molecule has 0 aliphatic rings. The van der Waals surface area contributed by atoms with Crippen LogP contribution in [0.25, 0.3) is 11.3 Å². The molecule has 15 heavy (non-hydrogen) atoms. The minimum absolute atomic E-state index is 0.755. The summed E-state index contributed by atoms with van der Waals surface area (Å²) in [4.78, 5) is 8.33. The predicted octanol–water partition coefficient (Wildman–Crippen LogP) is 2.26. The largest absolute Gasteiger partial charge is 0.496 e. The molecule has 0 aromatic carbocycles. The fourth-order valence-electron chi connectivity index (χ4n) is 1.31. The van der Waals surface area contributed by atoms with E-state index >= 15 is 0 Å². The highest BCUT2D eigenvalue weighted by Gasteiger charge is 2.06. The van der Waals surface area contributed by atoms with Crippen LogP contribution in [0.3, 0.4) is 0 Å². The van der Waals surface area contributed by atoms with E-state index in [4.69, 9.17) is 4.74 Å².